The molecule has 0 saturated carbocycles. The second-order valence-electron chi connectivity index (χ2n) is 18.9. The number of piperidine rings is 2. The fraction of sp³-hybridized carbons (Fsp3) is 0.696. The lowest BCUT2D eigenvalue weighted by atomic mass is 9.79. The summed E-state index contributed by atoms with van der Waals surface area (Å²) in [5, 5.41) is 34.9. The summed E-state index contributed by atoms with van der Waals surface area (Å²) < 4.78 is 0. The molecule has 0 spiro atoms. The Morgan fingerprint density at radius 1 is 0.623 bits per heavy atom. The van der Waals surface area contributed by atoms with E-state index >= 15 is 0 Å². The summed E-state index contributed by atoms with van der Waals surface area (Å²) in [4.78, 5) is 27.2. The van der Waals surface area contributed by atoms with Gasteiger partial charge >= 0.3 is 5.97 Å². The van der Waals surface area contributed by atoms with Crippen molar-refractivity contribution in [2.75, 3.05) is 59.5 Å². The monoisotopic (exact) mass is 932 g/mol. The minimum atomic E-state index is -0.743. The molecule has 0 radical (unpaired) electrons. The van der Waals surface area contributed by atoms with Crippen LogP contribution in [0.15, 0.2) is 48.5 Å². The summed E-state index contributed by atoms with van der Waals surface area (Å²) in [5.41, 5.74) is 9.41. The summed E-state index contributed by atoms with van der Waals surface area (Å²) in [5.74, 6) is 1.62. The minimum Gasteiger partial charge on any atom is -0.481 e. The van der Waals surface area contributed by atoms with E-state index in [1.54, 1.807) is 0 Å². The molecule has 61 heavy (non-hydrogen) atoms. The number of benzene rings is 2. The van der Waals surface area contributed by atoms with Crippen LogP contribution in [-0.2, 0) is 22.4 Å². The molecule has 0 aromatic heterocycles. The van der Waals surface area contributed by atoms with Gasteiger partial charge in [-0.25, -0.2) is 0 Å². The van der Waals surface area contributed by atoms with E-state index in [1.165, 1.54) is 15.7 Å². The number of nitrogens with zero attached hydrogens (tertiary/aromatic N) is 4. The molecule has 0 atom stereocenters. The van der Waals surface area contributed by atoms with Gasteiger partial charge in [0.15, 0.2) is 0 Å². The Labute approximate surface area is 387 Å². The molecule has 11 nitrogen and oxygen atoms in total. The van der Waals surface area contributed by atoms with Crippen LogP contribution in [0, 0.1) is 0 Å². The van der Waals surface area contributed by atoms with Crippen LogP contribution in [-0.4, -0.2) is 121 Å². The van der Waals surface area contributed by atoms with Crippen LogP contribution < -0.4 is 20.9 Å². The summed E-state index contributed by atoms with van der Waals surface area (Å²) in [6, 6.07) is 16.9. The van der Waals surface area contributed by atoms with Crippen LogP contribution in [0.5, 0.6) is 0 Å². The smallest absolute Gasteiger partial charge is 0.303 e. The summed E-state index contributed by atoms with van der Waals surface area (Å²) in [6.07, 6.45) is 7.04. The van der Waals surface area contributed by atoms with Gasteiger partial charge < -0.3 is 36.4 Å². The SMILES string of the molecule is CC1(C)CC(N)CC(C)(C)N1O.CC1(C)CC(NC(=O)CCCc2ccc(N(CCCl)CCCl)cc2)CC(C)(C)N1O.O=C(O)CCCc1ccc(N(CCCl)CCCl)cc1. The maximum Gasteiger partial charge on any atom is 0.303 e. The number of carboxylic acid groups (broad SMARTS) is 1. The molecule has 4 rings (SSSR count). The number of nitrogens with one attached hydrogen (secondary N) is 1. The zero-order valence-electron chi connectivity index (χ0n) is 38.0. The Kier molecular flexibility index (Phi) is 23.5. The molecule has 348 valence electrons. The van der Waals surface area contributed by atoms with Gasteiger partial charge in [0.1, 0.15) is 0 Å². The molecule has 0 bridgehead atoms. The summed E-state index contributed by atoms with van der Waals surface area (Å²) in [7, 11) is 0. The number of carbonyl (C=O) groups is 2. The molecular weight excluding hydrogens is 858 g/mol. The lowest BCUT2D eigenvalue weighted by Crippen LogP contribution is -2.62. The third-order valence-electron chi connectivity index (χ3n) is 11.4. The molecule has 2 heterocycles. The Bertz CT molecular complexity index is 1530. The van der Waals surface area contributed by atoms with Gasteiger partial charge in [-0.15, -0.1) is 46.4 Å². The molecule has 0 unspecified atom stereocenters. The van der Waals surface area contributed by atoms with Crippen LogP contribution in [0.1, 0.15) is 118 Å². The second kappa shape index (κ2) is 26.0. The first-order valence-corrected chi connectivity index (χ1v) is 23.8. The van der Waals surface area contributed by atoms with Gasteiger partial charge in [-0.1, -0.05) is 24.3 Å². The highest BCUT2D eigenvalue weighted by atomic mass is 35.5. The number of alkyl halides is 4. The Morgan fingerprint density at radius 3 is 1.28 bits per heavy atom. The molecule has 15 heteroatoms. The number of amides is 1. The van der Waals surface area contributed by atoms with Crippen LogP contribution in [0.4, 0.5) is 11.4 Å². The predicted octanol–water partition coefficient (Wildman–Crippen LogP) is 9.55. The molecule has 2 aliphatic heterocycles. The predicted molar refractivity (Wildman–Crippen MR) is 256 cm³/mol. The lowest BCUT2D eigenvalue weighted by Gasteiger charge is -2.51. The van der Waals surface area contributed by atoms with E-state index in [1.807, 2.05) is 79.7 Å². The van der Waals surface area contributed by atoms with Gasteiger partial charge in [0.2, 0.25) is 5.91 Å². The first-order valence-electron chi connectivity index (χ1n) is 21.7. The molecular formula is C46H76Cl4N6O5. The van der Waals surface area contributed by atoms with Crippen molar-refractivity contribution in [3.8, 4) is 0 Å². The molecule has 6 N–H and O–H groups in total. The topological polar surface area (TPSA) is 146 Å². The summed E-state index contributed by atoms with van der Waals surface area (Å²) in [6.45, 7) is 19.2. The third kappa shape index (κ3) is 18.9. The molecule has 2 aromatic carbocycles. The number of rotatable bonds is 19. The maximum absolute atomic E-state index is 12.5. The van der Waals surface area contributed by atoms with Gasteiger partial charge in [0.25, 0.3) is 0 Å². The van der Waals surface area contributed by atoms with Gasteiger partial charge in [0, 0.05) is 108 Å². The van der Waals surface area contributed by atoms with Crippen LogP contribution in [0.3, 0.4) is 0 Å². The van der Waals surface area contributed by atoms with Crippen LogP contribution >= 0.6 is 46.4 Å². The minimum absolute atomic E-state index is 0.0834. The average molecular weight is 935 g/mol. The fourth-order valence-electron chi connectivity index (χ4n) is 8.81. The van der Waals surface area contributed by atoms with E-state index in [2.05, 4.69) is 39.4 Å². The second-order valence-corrected chi connectivity index (χ2v) is 20.4. The zero-order valence-corrected chi connectivity index (χ0v) is 41.1. The zero-order chi connectivity index (χ0) is 46.0. The number of hydrogen-bond acceptors (Lipinski definition) is 9. The first kappa shape index (κ1) is 55.1. The van der Waals surface area contributed by atoms with Crippen LogP contribution in [0.25, 0.3) is 0 Å². The third-order valence-corrected chi connectivity index (χ3v) is 12.1. The van der Waals surface area contributed by atoms with Gasteiger partial charge in [-0.05, 0) is 142 Å². The van der Waals surface area contributed by atoms with Crippen molar-refractivity contribution >= 4 is 69.7 Å². The molecule has 2 aromatic rings. The normalized spacial score (nSPS) is 18.5. The van der Waals surface area contributed by atoms with E-state index in [-0.39, 0.29) is 46.6 Å². The van der Waals surface area contributed by atoms with E-state index in [0.717, 1.165) is 88.1 Å². The largest absolute Gasteiger partial charge is 0.481 e. The average Bonchev–Trinajstić information content (AvgIpc) is 3.16. The molecule has 1 amide bonds. The number of carbonyl (C=O) groups excluding carboxylic acids is 1. The van der Waals surface area contributed by atoms with Crippen molar-refractivity contribution < 1.29 is 25.1 Å². The number of anilines is 2. The van der Waals surface area contributed by atoms with Crippen molar-refractivity contribution in [2.45, 2.75) is 154 Å². The summed E-state index contributed by atoms with van der Waals surface area (Å²) >= 11 is 23.3. The number of halogens is 4. The van der Waals surface area contributed by atoms with Crippen molar-refractivity contribution in [3.05, 3.63) is 59.7 Å². The van der Waals surface area contributed by atoms with Crippen molar-refractivity contribution in [2.24, 2.45) is 5.73 Å². The molecule has 2 aliphatic rings. The number of hydroxylamine groups is 4. The van der Waals surface area contributed by atoms with E-state index in [9.17, 15) is 20.0 Å². The quantitative estimate of drug-likeness (QED) is 0.0864. The van der Waals surface area contributed by atoms with E-state index < -0.39 is 5.97 Å². The van der Waals surface area contributed by atoms with Gasteiger partial charge in [-0.3, -0.25) is 9.59 Å². The highest BCUT2D eigenvalue weighted by Crippen LogP contribution is 2.37. The highest BCUT2D eigenvalue weighted by molar-refractivity contribution is 6.19. The van der Waals surface area contributed by atoms with Gasteiger partial charge in [0.05, 0.1) is 0 Å². The number of aryl methyl sites for hydroxylation is 2. The lowest BCUT2D eigenvalue weighted by molar-refractivity contribution is -0.246. The molecule has 0 aliphatic carbocycles. The van der Waals surface area contributed by atoms with E-state index in [4.69, 9.17) is 57.2 Å². The van der Waals surface area contributed by atoms with Crippen molar-refractivity contribution in [3.63, 3.8) is 0 Å². The molecule has 2 saturated heterocycles. The number of aliphatic carboxylic acids is 1. The van der Waals surface area contributed by atoms with Crippen LogP contribution in [0.2, 0.25) is 0 Å². The number of carboxylic acids is 1. The highest BCUT2D eigenvalue weighted by Gasteiger charge is 2.45. The fourth-order valence-corrected chi connectivity index (χ4v) is 9.63. The Hall–Kier alpha value is -2.06. The Morgan fingerprint density at radius 2 is 0.951 bits per heavy atom. The first-order chi connectivity index (χ1) is 28.5. The van der Waals surface area contributed by atoms with Gasteiger partial charge in [-0.2, -0.15) is 10.1 Å². The number of nitrogens with two attached hydrogens (primary N) is 1. The van der Waals surface area contributed by atoms with Crippen molar-refractivity contribution in [1.29, 1.82) is 0 Å². The standard InChI is InChI=1S/C23H37Cl2N3O2.C14H19Cl2NO2.C9H20N2O/c1-22(2)16-19(17-23(3,4)28(22)30)26-21(29)7-5-6-18-8-10-20(11-9-18)27(14-12-24)15-13-25;15-8-10-17(11-9-16)13-6-4-12(5-7-13)2-1-3-14(18)19;1-8(2)5-7(10)6-9(3,4)11(8)12/h8-11,19,30H,5-7,12-17H2,1-4H3,(H,26,29);4-7H,1-3,8-11H2,(H,18,19);7,12H,5-6,10H2,1-4H3. The maximum atomic E-state index is 12.5. The van der Waals surface area contributed by atoms with Crippen molar-refractivity contribution in [1.82, 2.24) is 15.4 Å². The number of hydrogen-bond donors (Lipinski definition) is 5. The Balaban J connectivity index is 0.000000351. The van der Waals surface area contributed by atoms with E-state index in [0.29, 0.717) is 36.4 Å². The molecule has 2 fully saturated rings.